The lowest BCUT2D eigenvalue weighted by Gasteiger charge is -2.60. The molecule has 1 aromatic heterocycles. The number of hydrogen-bond acceptors (Lipinski definition) is 4. The summed E-state index contributed by atoms with van der Waals surface area (Å²) in [5.74, 6) is 0.985. The Morgan fingerprint density at radius 2 is 1.92 bits per heavy atom. The summed E-state index contributed by atoms with van der Waals surface area (Å²) in [6, 6.07) is 8.19. The number of aryl methyl sites for hydroxylation is 1. The van der Waals surface area contributed by atoms with Crippen LogP contribution in [0, 0.1) is 5.41 Å². The van der Waals surface area contributed by atoms with Crippen molar-refractivity contribution >= 4 is 11.6 Å². The molecule has 1 amide bonds. The number of likely N-dealkylation sites (tertiary alicyclic amines) is 1. The highest BCUT2D eigenvalue weighted by Gasteiger charge is 2.53. The maximum Gasteiger partial charge on any atom is 0.274 e. The zero-order valence-electron chi connectivity index (χ0n) is 14.4. The number of carbonyl (C=O) groups is 1. The molecule has 3 heterocycles. The number of hydrogen-bond donors (Lipinski definition) is 1. The number of aromatic amines is 1. The molecule has 2 aliphatic heterocycles. The molecule has 6 heteroatoms. The third kappa shape index (κ3) is 2.23. The first-order chi connectivity index (χ1) is 12.2. The minimum atomic E-state index is 0.105. The number of carbonyl (C=O) groups excluding carboxylic acids is 1. The fourth-order valence-electron chi connectivity index (χ4n) is 4.49. The van der Waals surface area contributed by atoms with Gasteiger partial charge in [0.1, 0.15) is 5.75 Å². The van der Waals surface area contributed by atoms with Crippen LogP contribution >= 0.6 is 0 Å². The maximum absolute atomic E-state index is 12.7. The summed E-state index contributed by atoms with van der Waals surface area (Å²) in [7, 11) is 1.68. The lowest BCUT2D eigenvalue weighted by molar-refractivity contribution is -0.0109. The predicted molar refractivity (Wildman–Crippen MR) is 94.2 cm³/mol. The van der Waals surface area contributed by atoms with Gasteiger partial charge in [0.25, 0.3) is 5.91 Å². The average Bonchev–Trinajstić information content (AvgIpc) is 3.15. The third-order valence-electron chi connectivity index (χ3n) is 5.84. The Morgan fingerprint density at radius 1 is 1.16 bits per heavy atom. The summed E-state index contributed by atoms with van der Waals surface area (Å²) >= 11 is 0. The molecule has 2 fully saturated rings. The van der Waals surface area contributed by atoms with E-state index in [0.29, 0.717) is 5.69 Å². The van der Waals surface area contributed by atoms with Gasteiger partial charge in [-0.25, -0.2) is 0 Å². The van der Waals surface area contributed by atoms with Gasteiger partial charge in [-0.1, -0.05) is 0 Å². The van der Waals surface area contributed by atoms with Crippen LogP contribution in [-0.4, -0.2) is 54.3 Å². The molecule has 0 bridgehead atoms. The van der Waals surface area contributed by atoms with Gasteiger partial charge in [-0.3, -0.25) is 9.89 Å². The Hall–Kier alpha value is -2.50. The molecule has 0 saturated carbocycles. The average molecular weight is 338 g/mol. The van der Waals surface area contributed by atoms with E-state index in [4.69, 9.17) is 4.74 Å². The van der Waals surface area contributed by atoms with Crippen molar-refractivity contribution < 1.29 is 9.53 Å². The number of aromatic nitrogens is 2. The number of benzene rings is 1. The molecule has 1 N–H and O–H groups in total. The number of rotatable bonds is 3. The number of amides is 1. The number of fused-ring (bicyclic) bond motifs is 1. The van der Waals surface area contributed by atoms with Crippen LogP contribution in [0.1, 0.15) is 28.2 Å². The summed E-state index contributed by atoms with van der Waals surface area (Å²) in [4.78, 5) is 17.0. The van der Waals surface area contributed by atoms with Gasteiger partial charge in [-0.2, -0.15) is 5.10 Å². The number of anilines is 1. The molecule has 25 heavy (non-hydrogen) atoms. The van der Waals surface area contributed by atoms with E-state index in [9.17, 15) is 4.79 Å². The first-order valence-electron chi connectivity index (χ1n) is 8.92. The molecule has 6 nitrogen and oxygen atoms in total. The molecule has 0 unspecified atom stereocenters. The molecule has 1 aromatic carbocycles. The fraction of sp³-hybridized carbons (Fsp3) is 0.474. The zero-order valence-corrected chi connectivity index (χ0v) is 14.4. The minimum Gasteiger partial charge on any atom is -0.497 e. The Bertz CT molecular complexity index is 812. The van der Waals surface area contributed by atoms with Gasteiger partial charge in [-0.05, 0) is 43.5 Å². The number of methoxy groups -OCH3 is 1. The lowest BCUT2D eigenvalue weighted by Crippen LogP contribution is -2.73. The van der Waals surface area contributed by atoms with Crippen LogP contribution in [0.5, 0.6) is 5.75 Å². The van der Waals surface area contributed by atoms with E-state index in [1.165, 1.54) is 5.69 Å². The van der Waals surface area contributed by atoms with E-state index >= 15 is 0 Å². The first kappa shape index (κ1) is 14.8. The second-order valence-corrected chi connectivity index (χ2v) is 7.60. The first-order valence-corrected chi connectivity index (χ1v) is 8.92. The predicted octanol–water partition coefficient (Wildman–Crippen LogP) is 1.87. The van der Waals surface area contributed by atoms with Crippen LogP contribution in [0.2, 0.25) is 0 Å². The van der Waals surface area contributed by atoms with Crippen molar-refractivity contribution in [3.63, 3.8) is 0 Å². The third-order valence-corrected chi connectivity index (χ3v) is 5.84. The van der Waals surface area contributed by atoms with Crippen LogP contribution in [0.25, 0.3) is 0 Å². The Labute approximate surface area is 146 Å². The van der Waals surface area contributed by atoms with Gasteiger partial charge in [0.05, 0.1) is 7.11 Å². The highest BCUT2D eigenvalue weighted by molar-refractivity contribution is 5.95. The quantitative estimate of drug-likeness (QED) is 0.928. The van der Waals surface area contributed by atoms with Gasteiger partial charge in [0.15, 0.2) is 5.69 Å². The van der Waals surface area contributed by atoms with E-state index in [2.05, 4.69) is 27.2 Å². The van der Waals surface area contributed by atoms with Gasteiger partial charge in [-0.15, -0.1) is 0 Å². The second-order valence-electron chi connectivity index (χ2n) is 7.60. The van der Waals surface area contributed by atoms with Crippen LogP contribution in [0.3, 0.4) is 0 Å². The molecule has 2 aromatic rings. The van der Waals surface area contributed by atoms with Crippen molar-refractivity contribution in [2.24, 2.45) is 5.41 Å². The van der Waals surface area contributed by atoms with E-state index in [0.717, 1.165) is 62.4 Å². The van der Waals surface area contributed by atoms with Crippen LogP contribution in [0.4, 0.5) is 5.69 Å². The normalized spacial score (nSPS) is 20.2. The molecule has 3 aliphatic rings. The van der Waals surface area contributed by atoms with Crippen LogP contribution in [0.15, 0.2) is 24.3 Å². The van der Waals surface area contributed by atoms with E-state index in [1.807, 2.05) is 17.0 Å². The van der Waals surface area contributed by atoms with Crippen molar-refractivity contribution in [1.29, 1.82) is 0 Å². The van der Waals surface area contributed by atoms with E-state index in [-0.39, 0.29) is 11.3 Å². The summed E-state index contributed by atoms with van der Waals surface area (Å²) in [6.07, 6.45) is 3.14. The molecule has 0 atom stereocenters. The summed E-state index contributed by atoms with van der Waals surface area (Å²) in [5, 5.41) is 7.31. The summed E-state index contributed by atoms with van der Waals surface area (Å²) in [5.41, 5.74) is 4.47. The topological polar surface area (TPSA) is 61.5 Å². The molecule has 130 valence electrons. The largest absolute Gasteiger partial charge is 0.497 e. The number of ether oxygens (including phenoxy) is 1. The van der Waals surface area contributed by atoms with Crippen molar-refractivity contribution in [2.75, 3.05) is 38.2 Å². The van der Waals surface area contributed by atoms with Gasteiger partial charge in [0, 0.05) is 48.5 Å². The van der Waals surface area contributed by atoms with E-state index in [1.54, 1.807) is 7.11 Å². The minimum absolute atomic E-state index is 0.105. The van der Waals surface area contributed by atoms with E-state index < -0.39 is 0 Å². The molecular weight excluding hydrogens is 316 g/mol. The standard InChI is InChI=1S/C19H22N4O2/c1-25-14-7-5-13(6-8-14)22-9-19(10-22)11-23(12-19)18(24)17-15-3-2-4-16(15)20-21-17/h5-8H,2-4,9-12H2,1H3,(H,20,21). The zero-order chi connectivity index (χ0) is 17.0. The maximum atomic E-state index is 12.7. The smallest absolute Gasteiger partial charge is 0.274 e. The molecule has 2 saturated heterocycles. The van der Waals surface area contributed by atoms with Gasteiger partial charge < -0.3 is 14.5 Å². The lowest BCUT2D eigenvalue weighted by atomic mass is 9.72. The van der Waals surface area contributed by atoms with Crippen molar-refractivity contribution in [1.82, 2.24) is 15.1 Å². The number of nitrogens with zero attached hydrogens (tertiary/aromatic N) is 3. The fourth-order valence-corrected chi connectivity index (χ4v) is 4.49. The van der Waals surface area contributed by atoms with Gasteiger partial charge in [0.2, 0.25) is 0 Å². The summed E-state index contributed by atoms with van der Waals surface area (Å²) in [6.45, 7) is 3.73. The Morgan fingerprint density at radius 3 is 2.64 bits per heavy atom. The SMILES string of the molecule is COc1ccc(N2CC3(CN(C(=O)c4n[nH]c5c4CCC5)C3)C2)cc1. The molecule has 1 aliphatic carbocycles. The highest BCUT2D eigenvalue weighted by atomic mass is 16.5. The van der Waals surface area contributed by atoms with Gasteiger partial charge >= 0.3 is 0 Å². The van der Waals surface area contributed by atoms with Crippen molar-refractivity contribution in [3.05, 3.63) is 41.2 Å². The Kier molecular flexibility index (Phi) is 3.11. The number of nitrogens with one attached hydrogen (secondary N) is 1. The molecule has 5 rings (SSSR count). The molecular formula is C19H22N4O2. The van der Waals surface area contributed by atoms with Crippen molar-refractivity contribution in [3.8, 4) is 5.75 Å². The second kappa shape index (κ2) is 5.25. The van der Waals surface area contributed by atoms with Crippen molar-refractivity contribution in [2.45, 2.75) is 19.3 Å². The van der Waals surface area contributed by atoms with Crippen LogP contribution in [-0.2, 0) is 12.8 Å². The van der Waals surface area contributed by atoms with Crippen LogP contribution < -0.4 is 9.64 Å². The number of H-pyrrole nitrogens is 1. The summed E-state index contributed by atoms with van der Waals surface area (Å²) < 4.78 is 5.21. The molecule has 0 radical (unpaired) electrons. The molecule has 1 spiro atoms. The monoisotopic (exact) mass is 338 g/mol. The Balaban J connectivity index is 1.20. The highest BCUT2D eigenvalue weighted by Crippen LogP contribution is 2.42.